The molecule has 1 atom stereocenters. The van der Waals surface area contributed by atoms with E-state index in [4.69, 9.17) is 9.47 Å². The van der Waals surface area contributed by atoms with Crippen LogP contribution in [0, 0.1) is 0 Å². The Kier molecular flexibility index (Phi) is 4.54. The van der Waals surface area contributed by atoms with Gasteiger partial charge in [-0.25, -0.2) is 18.7 Å². The largest absolute Gasteiger partial charge is 0.381 e. The lowest BCUT2D eigenvalue weighted by Crippen LogP contribution is -2.40. The zero-order chi connectivity index (χ0) is 15.6. The van der Waals surface area contributed by atoms with E-state index in [1.807, 2.05) is 11.0 Å². The predicted molar refractivity (Wildman–Crippen MR) is 77.3 cm³/mol. The van der Waals surface area contributed by atoms with Crippen LogP contribution in [0.3, 0.4) is 0 Å². The molecule has 122 valence electrons. The maximum absolute atomic E-state index is 13.3. The van der Waals surface area contributed by atoms with Crippen molar-refractivity contribution in [2.24, 2.45) is 0 Å². The first-order valence-electron chi connectivity index (χ1n) is 7.65. The molecule has 0 unspecified atom stereocenters. The van der Waals surface area contributed by atoms with Gasteiger partial charge in [0, 0.05) is 51.6 Å². The second-order valence-corrected chi connectivity index (χ2v) is 5.90. The Labute approximate surface area is 128 Å². The minimum atomic E-state index is -2.55. The molecule has 0 aliphatic carbocycles. The highest BCUT2D eigenvalue weighted by Crippen LogP contribution is 2.31. The van der Waals surface area contributed by atoms with Gasteiger partial charge in [0.15, 0.2) is 5.82 Å². The van der Waals surface area contributed by atoms with Crippen molar-refractivity contribution < 1.29 is 18.3 Å². The van der Waals surface area contributed by atoms with E-state index >= 15 is 0 Å². The standard InChI is InChI=1S/C15H21F2N3O2/c1-21-10-13-18-12(11-2-7-22-9-11)8-14(19-13)20-5-3-15(16,17)4-6-20/h8,11H,2-7,9-10H2,1H3/t11-/m1/s1. The third kappa shape index (κ3) is 3.52. The summed E-state index contributed by atoms with van der Waals surface area (Å²) in [5.41, 5.74) is 0.923. The number of anilines is 1. The number of rotatable bonds is 4. The van der Waals surface area contributed by atoms with Gasteiger partial charge >= 0.3 is 0 Å². The summed E-state index contributed by atoms with van der Waals surface area (Å²) in [5.74, 6) is -0.983. The van der Waals surface area contributed by atoms with Crippen molar-refractivity contribution >= 4 is 5.82 Å². The van der Waals surface area contributed by atoms with E-state index in [-0.39, 0.29) is 18.8 Å². The first-order valence-corrected chi connectivity index (χ1v) is 7.65. The highest BCUT2D eigenvalue weighted by atomic mass is 19.3. The molecular formula is C15H21F2N3O2. The van der Waals surface area contributed by atoms with E-state index in [1.165, 1.54) is 0 Å². The molecule has 1 aromatic rings. The van der Waals surface area contributed by atoms with Crippen molar-refractivity contribution in [2.75, 3.05) is 38.3 Å². The van der Waals surface area contributed by atoms with Crippen molar-refractivity contribution in [2.45, 2.75) is 37.7 Å². The monoisotopic (exact) mass is 313 g/mol. The summed E-state index contributed by atoms with van der Waals surface area (Å²) in [7, 11) is 1.59. The minimum Gasteiger partial charge on any atom is -0.381 e. The number of alkyl halides is 2. The predicted octanol–water partition coefficient (Wildman–Crippen LogP) is 2.36. The molecule has 2 saturated heterocycles. The maximum atomic E-state index is 13.3. The van der Waals surface area contributed by atoms with Crippen LogP contribution < -0.4 is 4.90 Å². The molecule has 0 aromatic carbocycles. The van der Waals surface area contributed by atoms with E-state index < -0.39 is 5.92 Å². The summed E-state index contributed by atoms with van der Waals surface area (Å²) in [6.07, 6.45) is 0.678. The van der Waals surface area contributed by atoms with Crippen LogP contribution in [0.4, 0.5) is 14.6 Å². The number of nitrogens with zero attached hydrogens (tertiary/aromatic N) is 3. The summed E-state index contributed by atoms with van der Waals surface area (Å²) in [6, 6.07) is 1.92. The summed E-state index contributed by atoms with van der Waals surface area (Å²) >= 11 is 0. The van der Waals surface area contributed by atoms with E-state index in [0.717, 1.165) is 24.5 Å². The fraction of sp³-hybridized carbons (Fsp3) is 0.733. The van der Waals surface area contributed by atoms with E-state index in [1.54, 1.807) is 7.11 Å². The lowest BCUT2D eigenvalue weighted by atomic mass is 10.0. The number of hydrogen-bond acceptors (Lipinski definition) is 5. The molecule has 0 saturated carbocycles. The highest BCUT2D eigenvalue weighted by Gasteiger charge is 2.34. The van der Waals surface area contributed by atoms with Crippen molar-refractivity contribution in [3.05, 3.63) is 17.6 Å². The second-order valence-electron chi connectivity index (χ2n) is 5.90. The Morgan fingerprint density at radius 3 is 2.77 bits per heavy atom. The summed E-state index contributed by atoms with van der Waals surface area (Å²) in [5, 5.41) is 0. The Morgan fingerprint density at radius 2 is 2.14 bits per heavy atom. The van der Waals surface area contributed by atoms with Gasteiger partial charge in [0.2, 0.25) is 0 Å². The van der Waals surface area contributed by atoms with Crippen LogP contribution in [0.1, 0.15) is 36.7 Å². The fourth-order valence-corrected chi connectivity index (χ4v) is 2.90. The van der Waals surface area contributed by atoms with Gasteiger partial charge in [-0.2, -0.15) is 0 Å². The summed E-state index contributed by atoms with van der Waals surface area (Å²) in [4.78, 5) is 10.9. The molecule has 2 fully saturated rings. The lowest BCUT2D eigenvalue weighted by molar-refractivity contribution is -0.0221. The van der Waals surface area contributed by atoms with Gasteiger partial charge < -0.3 is 14.4 Å². The molecule has 5 nitrogen and oxygen atoms in total. The fourth-order valence-electron chi connectivity index (χ4n) is 2.90. The van der Waals surface area contributed by atoms with Crippen LogP contribution in [0.5, 0.6) is 0 Å². The molecule has 2 aliphatic heterocycles. The molecule has 1 aromatic heterocycles. The van der Waals surface area contributed by atoms with Gasteiger partial charge in [-0.1, -0.05) is 0 Å². The zero-order valence-electron chi connectivity index (χ0n) is 12.7. The number of hydrogen-bond donors (Lipinski definition) is 0. The van der Waals surface area contributed by atoms with Crippen LogP contribution in [0.25, 0.3) is 0 Å². The Morgan fingerprint density at radius 1 is 1.36 bits per heavy atom. The van der Waals surface area contributed by atoms with Crippen molar-refractivity contribution in [3.8, 4) is 0 Å². The van der Waals surface area contributed by atoms with E-state index in [0.29, 0.717) is 32.1 Å². The van der Waals surface area contributed by atoms with Crippen LogP contribution >= 0.6 is 0 Å². The SMILES string of the molecule is COCc1nc([C@@H]2CCOC2)cc(N2CCC(F)(F)CC2)n1. The molecule has 0 amide bonds. The number of aromatic nitrogens is 2. The second kappa shape index (κ2) is 6.42. The van der Waals surface area contributed by atoms with Crippen LogP contribution in [-0.2, 0) is 16.1 Å². The smallest absolute Gasteiger partial charge is 0.251 e. The average Bonchev–Trinajstić information content (AvgIpc) is 3.01. The van der Waals surface area contributed by atoms with Crippen LogP contribution in [0.15, 0.2) is 6.07 Å². The van der Waals surface area contributed by atoms with Crippen molar-refractivity contribution in [1.29, 1.82) is 0 Å². The topological polar surface area (TPSA) is 47.5 Å². The first-order chi connectivity index (χ1) is 10.6. The quantitative estimate of drug-likeness (QED) is 0.854. The van der Waals surface area contributed by atoms with Gasteiger partial charge in [0.05, 0.1) is 12.3 Å². The van der Waals surface area contributed by atoms with Gasteiger partial charge in [-0.05, 0) is 6.42 Å². The normalized spacial score (nSPS) is 24.7. The molecule has 7 heteroatoms. The van der Waals surface area contributed by atoms with E-state index in [9.17, 15) is 8.78 Å². The Hall–Kier alpha value is -1.34. The summed E-state index contributed by atoms with van der Waals surface area (Å²) < 4.78 is 37.2. The molecule has 22 heavy (non-hydrogen) atoms. The van der Waals surface area contributed by atoms with Crippen LogP contribution in [-0.4, -0.2) is 49.3 Å². The summed E-state index contributed by atoms with van der Waals surface area (Å²) in [6.45, 7) is 2.34. The zero-order valence-corrected chi connectivity index (χ0v) is 12.7. The molecule has 2 aliphatic rings. The third-order valence-corrected chi connectivity index (χ3v) is 4.22. The number of ether oxygens (including phenoxy) is 2. The molecule has 0 bridgehead atoms. The number of methoxy groups -OCH3 is 1. The van der Waals surface area contributed by atoms with E-state index in [2.05, 4.69) is 9.97 Å². The van der Waals surface area contributed by atoms with Gasteiger partial charge in [-0.3, -0.25) is 0 Å². The lowest BCUT2D eigenvalue weighted by Gasteiger charge is -2.33. The van der Waals surface area contributed by atoms with Crippen LogP contribution in [0.2, 0.25) is 0 Å². The average molecular weight is 313 g/mol. The first kappa shape index (κ1) is 15.6. The number of halogens is 2. The van der Waals surface area contributed by atoms with Gasteiger partial charge in [0.1, 0.15) is 12.4 Å². The minimum absolute atomic E-state index is 0.127. The molecule has 3 heterocycles. The molecule has 0 N–H and O–H groups in total. The molecule has 0 spiro atoms. The van der Waals surface area contributed by atoms with Crippen molar-refractivity contribution in [3.63, 3.8) is 0 Å². The molecule has 3 rings (SSSR count). The maximum Gasteiger partial charge on any atom is 0.251 e. The highest BCUT2D eigenvalue weighted by molar-refractivity contribution is 5.41. The number of piperidine rings is 1. The van der Waals surface area contributed by atoms with Gasteiger partial charge in [0.25, 0.3) is 5.92 Å². The third-order valence-electron chi connectivity index (χ3n) is 4.22. The Bertz CT molecular complexity index is 512. The molecule has 0 radical (unpaired) electrons. The Balaban J connectivity index is 1.83. The van der Waals surface area contributed by atoms with Gasteiger partial charge in [-0.15, -0.1) is 0 Å². The van der Waals surface area contributed by atoms with Crippen molar-refractivity contribution in [1.82, 2.24) is 9.97 Å². The molecular weight excluding hydrogens is 292 g/mol.